The number of aromatic hydroxyl groups is 1. The van der Waals surface area contributed by atoms with Crippen LogP contribution in [0.2, 0.25) is 0 Å². The van der Waals surface area contributed by atoms with E-state index in [1.807, 2.05) is 0 Å². The maximum absolute atomic E-state index is 14.3. The molecule has 5 N–H and O–H groups in total. The van der Waals surface area contributed by atoms with Gasteiger partial charge in [0, 0.05) is 21.8 Å². The Morgan fingerprint density at radius 1 is 0.773 bits per heavy atom. The summed E-state index contributed by atoms with van der Waals surface area (Å²) in [6, 6.07) is 10.1. The number of anilines is 2. The molecule has 20 heteroatoms. The Kier molecular flexibility index (Phi) is 7.83. The molecule has 1 aromatic heterocycles. The van der Waals surface area contributed by atoms with E-state index in [0.29, 0.717) is 0 Å². The Morgan fingerprint density at radius 2 is 1.45 bits per heavy atom. The Balaban J connectivity index is 1.68. The second kappa shape index (κ2) is 11.0. The van der Waals surface area contributed by atoms with Gasteiger partial charge in [0.2, 0.25) is 0 Å². The molecule has 0 bridgehead atoms. The SMILES string of the molecule is O=S(=O)(O)c1cc2cc(Nc3ncnc(P)c3F)ccc2c(O)c1N=Nc1ccc2c(S(=O)(=O)O)cccc2c1S(=O)(=O)O. The molecule has 1 atom stereocenters. The standard InChI is InChI=1S/C24H17FN5O10PS3/c25-19-23(26-10-27-24(19)41)28-12-4-5-13-11(8-12)9-18(43(35,36)37)20(21(13)31)30-29-16-7-6-14-15(22(16)44(38,39)40)2-1-3-17(14)42(32,33)34/h1-10,31H,41H2,(H,26,27,28)(H,32,33,34)(H,35,36,37)(H,38,39,40). The summed E-state index contributed by atoms with van der Waals surface area (Å²) in [5.41, 5.74) is -1.25. The van der Waals surface area contributed by atoms with Crippen molar-refractivity contribution in [2.24, 2.45) is 10.2 Å². The first kappa shape index (κ1) is 31.2. The predicted molar refractivity (Wildman–Crippen MR) is 158 cm³/mol. The monoisotopic (exact) mass is 681 g/mol. The maximum atomic E-state index is 14.3. The highest BCUT2D eigenvalue weighted by atomic mass is 32.2. The molecule has 0 aliphatic carbocycles. The van der Waals surface area contributed by atoms with E-state index in [0.717, 1.165) is 42.7 Å². The maximum Gasteiger partial charge on any atom is 0.297 e. The van der Waals surface area contributed by atoms with Crippen molar-refractivity contribution >= 4 is 89.5 Å². The molecule has 228 valence electrons. The summed E-state index contributed by atoms with van der Waals surface area (Å²) < 4.78 is 117. The Labute approximate surface area is 250 Å². The van der Waals surface area contributed by atoms with E-state index in [1.54, 1.807) is 0 Å². The molecule has 0 saturated heterocycles. The van der Waals surface area contributed by atoms with Crippen LogP contribution in [0.1, 0.15) is 0 Å². The van der Waals surface area contributed by atoms with E-state index in [-0.39, 0.29) is 38.5 Å². The fourth-order valence-electron chi connectivity index (χ4n) is 4.30. The number of nitrogens with zero attached hydrogens (tertiary/aromatic N) is 4. The molecule has 15 nitrogen and oxygen atoms in total. The average Bonchev–Trinajstić information content (AvgIpc) is 2.92. The van der Waals surface area contributed by atoms with Gasteiger partial charge in [0.25, 0.3) is 30.4 Å². The number of nitrogens with one attached hydrogen (secondary N) is 1. The van der Waals surface area contributed by atoms with E-state index in [2.05, 4.69) is 34.8 Å². The lowest BCUT2D eigenvalue weighted by atomic mass is 10.1. The summed E-state index contributed by atoms with van der Waals surface area (Å²) in [5.74, 6) is -1.79. The first-order valence-electron chi connectivity index (χ1n) is 11.7. The second-order valence-corrected chi connectivity index (χ2v) is 13.6. The molecule has 0 fully saturated rings. The molecule has 0 saturated carbocycles. The fourth-order valence-corrected chi connectivity index (χ4v) is 6.70. The van der Waals surface area contributed by atoms with Crippen molar-refractivity contribution in [2.75, 3.05) is 5.32 Å². The van der Waals surface area contributed by atoms with Gasteiger partial charge in [0.15, 0.2) is 17.4 Å². The largest absolute Gasteiger partial charge is 0.505 e. The Hall–Kier alpha value is -4.23. The van der Waals surface area contributed by atoms with Crippen molar-refractivity contribution in [3.63, 3.8) is 0 Å². The molecule has 5 aromatic rings. The molecule has 0 aliphatic rings. The van der Waals surface area contributed by atoms with Crippen LogP contribution in [0.5, 0.6) is 5.75 Å². The van der Waals surface area contributed by atoms with E-state index in [9.17, 15) is 48.4 Å². The number of hydrogen-bond acceptors (Lipinski definition) is 12. The molecule has 0 radical (unpaired) electrons. The van der Waals surface area contributed by atoms with Gasteiger partial charge in [-0.25, -0.2) is 14.4 Å². The molecular formula is C24H17FN5O10PS3. The van der Waals surface area contributed by atoms with Crippen molar-refractivity contribution in [3.05, 3.63) is 66.7 Å². The minimum Gasteiger partial charge on any atom is -0.505 e. The zero-order valence-corrected chi connectivity index (χ0v) is 25.1. The molecule has 1 unspecified atom stereocenters. The minimum absolute atomic E-state index is 0.0156. The molecule has 4 aromatic carbocycles. The number of phenols is 1. The number of fused-ring (bicyclic) bond motifs is 2. The number of benzene rings is 4. The van der Waals surface area contributed by atoms with Crippen molar-refractivity contribution in [1.82, 2.24) is 9.97 Å². The number of hydrogen-bond donors (Lipinski definition) is 5. The van der Waals surface area contributed by atoms with Gasteiger partial charge in [-0.15, -0.1) is 10.2 Å². The summed E-state index contributed by atoms with van der Waals surface area (Å²) in [6.45, 7) is 0. The number of azo groups is 1. The van der Waals surface area contributed by atoms with Gasteiger partial charge in [0.05, 0.1) is 5.44 Å². The summed E-state index contributed by atoms with van der Waals surface area (Å²) in [5, 5.41) is 20.3. The van der Waals surface area contributed by atoms with E-state index < -0.39 is 68.0 Å². The van der Waals surface area contributed by atoms with Crippen LogP contribution in [0.3, 0.4) is 0 Å². The smallest absolute Gasteiger partial charge is 0.297 e. The van der Waals surface area contributed by atoms with Crippen molar-refractivity contribution in [3.8, 4) is 5.75 Å². The Morgan fingerprint density at radius 3 is 2.11 bits per heavy atom. The van der Waals surface area contributed by atoms with E-state index >= 15 is 0 Å². The van der Waals surface area contributed by atoms with Crippen molar-refractivity contribution < 1.29 is 48.4 Å². The normalized spacial score (nSPS) is 12.8. The summed E-state index contributed by atoms with van der Waals surface area (Å²) >= 11 is 0. The lowest BCUT2D eigenvalue weighted by Crippen LogP contribution is -2.09. The first-order valence-corrected chi connectivity index (χ1v) is 16.6. The van der Waals surface area contributed by atoms with Crippen LogP contribution >= 0.6 is 9.24 Å². The van der Waals surface area contributed by atoms with Gasteiger partial charge in [-0.2, -0.15) is 25.3 Å². The zero-order valence-electron chi connectivity index (χ0n) is 21.5. The third-order valence-electron chi connectivity index (χ3n) is 6.15. The third kappa shape index (κ3) is 5.93. The van der Waals surface area contributed by atoms with Crippen LogP contribution in [0.25, 0.3) is 21.5 Å². The highest BCUT2D eigenvalue weighted by Gasteiger charge is 2.25. The van der Waals surface area contributed by atoms with Gasteiger partial charge in [-0.3, -0.25) is 13.7 Å². The van der Waals surface area contributed by atoms with Crippen LogP contribution in [0, 0.1) is 5.82 Å². The molecule has 0 spiro atoms. The first-order chi connectivity index (χ1) is 20.5. The molecule has 0 amide bonds. The van der Waals surface area contributed by atoms with Crippen LogP contribution in [-0.4, -0.2) is 54.0 Å². The van der Waals surface area contributed by atoms with Gasteiger partial charge in [-0.05, 0) is 41.8 Å². The number of aromatic nitrogens is 2. The zero-order chi connectivity index (χ0) is 32.2. The second-order valence-electron chi connectivity index (χ2n) is 8.94. The predicted octanol–water partition coefficient (Wildman–Crippen LogP) is 4.03. The summed E-state index contributed by atoms with van der Waals surface area (Å²) in [4.78, 5) is 4.91. The minimum atomic E-state index is -5.15. The summed E-state index contributed by atoms with van der Waals surface area (Å²) in [7, 11) is -13.0. The van der Waals surface area contributed by atoms with E-state index in [1.165, 1.54) is 18.2 Å². The quantitative estimate of drug-likeness (QED) is 0.0926. The highest BCUT2D eigenvalue weighted by molar-refractivity contribution is 7.86. The average molecular weight is 682 g/mol. The van der Waals surface area contributed by atoms with Crippen LogP contribution in [0.4, 0.5) is 27.3 Å². The molecule has 0 aliphatic heterocycles. The van der Waals surface area contributed by atoms with Gasteiger partial charge in [0.1, 0.15) is 32.4 Å². The number of phenolic OH excluding ortho intramolecular Hbond substituents is 1. The van der Waals surface area contributed by atoms with Gasteiger partial charge < -0.3 is 10.4 Å². The third-order valence-corrected chi connectivity index (χ3v) is 9.28. The van der Waals surface area contributed by atoms with Crippen LogP contribution in [-0.2, 0) is 30.4 Å². The van der Waals surface area contributed by atoms with Gasteiger partial charge >= 0.3 is 0 Å². The molecule has 1 heterocycles. The lowest BCUT2D eigenvalue weighted by Gasteiger charge is -2.12. The van der Waals surface area contributed by atoms with Crippen molar-refractivity contribution in [2.45, 2.75) is 14.7 Å². The van der Waals surface area contributed by atoms with Gasteiger partial charge in [-0.1, -0.05) is 27.4 Å². The topological polar surface area (TPSA) is 246 Å². The van der Waals surface area contributed by atoms with Crippen molar-refractivity contribution in [1.29, 1.82) is 0 Å². The highest BCUT2D eigenvalue weighted by Crippen LogP contribution is 2.43. The van der Waals surface area contributed by atoms with Crippen LogP contribution in [0.15, 0.2) is 85.8 Å². The molecular weight excluding hydrogens is 664 g/mol. The number of rotatable bonds is 7. The molecule has 5 rings (SSSR count). The summed E-state index contributed by atoms with van der Waals surface area (Å²) in [6.07, 6.45) is 1.10. The van der Waals surface area contributed by atoms with E-state index in [4.69, 9.17) is 0 Å². The number of halogens is 1. The Bertz CT molecular complexity index is 2390. The molecule has 44 heavy (non-hydrogen) atoms. The van der Waals surface area contributed by atoms with Crippen LogP contribution < -0.4 is 10.8 Å². The fraction of sp³-hybridized carbons (Fsp3) is 0. The lowest BCUT2D eigenvalue weighted by molar-refractivity contribution is 0.472.